The molecule has 0 amide bonds. The van der Waals surface area contributed by atoms with Gasteiger partial charge in [0.05, 0.1) is 21.6 Å². The standard InChI is InChI=1S/C8H10ClN3O2/c9-5-2-1-3-7(12(13)14)8(5)6(11)4-10/h1-3,6H,4,10-11H2/t6-/m0/s1. The van der Waals surface area contributed by atoms with E-state index in [4.69, 9.17) is 23.1 Å². The highest BCUT2D eigenvalue weighted by Crippen LogP contribution is 2.30. The van der Waals surface area contributed by atoms with Crippen LogP contribution in [0.2, 0.25) is 5.02 Å². The normalized spacial score (nSPS) is 12.5. The average molecular weight is 216 g/mol. The topological polar surface area (TPSA) is 95.2 Å². The molecule has 0 saturated carbocycles. The van der Waals surface area contributed by atoms with Gasteiger partial charge in [-0.3, -0.25) is 10.1 Å². The van der Waals surface area contributed by atoms with E-state index < -0.39 is 11.0 Å². The number of benzene rings is 1. The van der Waals surface area contributed by atoms with Crippen molar-refractivity contribution in [1.29, 1.82) is 0 Å². The molecular weight excluding hydrogens is 206 g/mol. The summed E-state index contributed by atoms with van der Waals surface area (Å²) in [6.07, 6.45) is 0. The van der Waals surface area contributed by atoms with Crippen molar-refractivity contribution in [2.24, 2.45) is 11.5 Å². The van der Waals surface area contributed by atoms with Gasteiger partial charge in [0.1, 0.15) is 0 Å². The Balaban J connectivity index is 3.29. The summed E-state index contributed by atoms with van der Waals surface area (Å²) in [7, 11) is 0. The van der Waals surface area contributed by atoms with Crippen LogP contribution in [0, 0.1) is 10.1 Å². The summed E-state index contributed by atoms with van der Waals surface area (Å²) in [6.45, 7) is 0.116. The minimum Gasteiger partial charge on any atom is -0.329 e. The first-order valence-electron chi connectivity index (χ1n) is 3.96. The average Bonchev–Trinajstić information content (AvgIpc) is 2.16. The molecule has 0 fully saturated rings. The molecule has 0 aliphatic rings. The van der Waals surface area contributed by atoms with E-state index in [1.165, 1.54) is 12.1 Å². The third-order valence-corrected chi connectivity index (χ3v) is 2.18. The third kappa shape index (κ3) is 2.01. The van der Waals surface area contributed by atoms with Crippen molar-refractivity contribution in [3.05, 3.63) is 38.9 Å². The van der Waals surface area contributed by atoms with Gasteiger partial charge in [0.15, 0.2) is 0 Å². The lowest BCUT2D eigenvalue weighted by Crippen LogP contribution is -2.22. The highest BCUT2D eigenvalue weighted by atomic mass is 35.5. The van der Waals surface area contributed by atoms with E-state index in [0.29, 0.717) is 5.56 Å². The lowest BCUT2D eigenvalue weighted by Gasteiger charge is -2.10. The van der Waals surface area contributed by atoms with Gasteiger partial charge in [0.2, 0.25) is 0 Å². The fourth-order valence-electron chi connectivity index (χ4n) is 1.17. The molecule has 0 heterocycles. The maximum atomic E-state index is 10.6. The summed E-state index contributed by atoms with van der Waals surface area (Å²) < 4.78 is 0. The van der Waals surface area contributed by atoms with E-state index in [2.05, 4.69) is 0 Å². The number of hydrogen-bond donors (Lipinski definition) is 2. The molecule has 1 rings (SSSR count). The Kier molecular flexibility index (Phi) is 3.40. The molecule has 0 aliphatic heterocycles. The van der Waals surface area contributed by atoms with Crippen LogP contribution in [0.25, 0.3) is 0 Å². The number of nitro benzene ring substituents is 1. The number of hydrogen-bond acceptors (Lipinski definition) is 4. The Morgan fingerprint density at radius 2 is 2.21 bits per heavy atom. The summed E-state index contributed by atoms with van der Waals surface area (Å²) in [5.74, 6) is 0. The highest BCUT2D eigenvalue weighted by molar-refractivity contribution is 6.31. The van der Waals surface area contributed by atoms with Crippen LogP contribution in [0.4, 0.5) is 5.69 Å². The van der Waals surface area contributed by atoms with E-state index in [9.17, 15) is 10.1 Å². The van der Waals surface area contributed by atoms with Crippen molar-refractivity contribution in [2.45, 2.75) is 6.04 Å². The van der Waals surface area contributed by atoms with E-state index in [0.717, 1.165) is 0 Å². The minimum atomic E-state index is -0.607. The molecule has 0 bridgehead atoms. The number of nitrogens with two attached hydrogens (primary N) is 2. The molecule has 76 valence electrons. The second-order valence-corrected chi connectivity index (χ2v) is 3.18. The second-order valence-electron chi connectivity index (χ2n) is 2.77. The minimum absolute atomic E-state index is 0.0875. The van der Waals surface area contributed by atoms with Crippen LogP contribution in [0.5, 0.6) is 0 Å². The number of halogens is 1. The predicted octanol–water partition coefficient (Wildman–Crippen LogP) is 1.21. The monoisotopic (exact) mass is 215 g/mol. The summed E-state index contributed by atoms with van der Waals surface area (Å²) in [6, 6.07) is 3.81. The Hall–Kier alpha value is -1.17. The molecule has 0 aliphatic carbocycles. The molecule has 14 heavy (non-hydrogen) atoms. The smallest absolute Gasteiger partial charge is 0.275 e. The molecule has 1 atom stereocenters. The number of rotatable bonds is 3. The molecule has 5 nitrogen and oxygen atoms in total. The van der Waals surface area contributed by atoms with Gasteiger partial charge >= 0.3 is 0 Å². The molecule has 0 unspecified atom stereocenters. The van der Waals surface area contributed by atoms with Crippen LogP contribution in [0.1, 0.15) is 11.6 Å². The van der Waals surface area contributed by atoms with Crippen molar-refractivity contribution in [3.8, 4) is 0 Å². The Morgan fingerprint density at radius 3 is 2.71 bits per heavy atom. The lowest BCUT2D eigenvalue weighted by molar-refractivity contribution is -0.385. The van der Waals surface area contributed by atoms with Gasteiger partial charge in [0.25, 0.3) is 5.69 Å². The predicted molar refractivity (Wildman–Crippen MR) is 54.1 cm³/mol. The van der Waals surface area contributed by atoms with Gasteiger partial charge in [-0.15, -0.1) is 0 Å². The number of nitrogens with zero attached hydrogens (tertiary/aromatic N) is 1. The van der Waals surface area contributed by atoms with Crippen LogP contribution in [0.3, 0.4) is 0 Å². The van der Waals surface area contributed by atoms with E-state index in [-0.39, 0.29) is 17.3 Å². The molecule has 0 radical (unpaired) electrons. The molecule has 1 aromatic rings. The van der Waals surface area contributed by atoms with Crippen molar-refractivity contribution >= 4 is 17.3 Å². The van der Waals surface area contributed by atoms with Crippen molar-refractivity contribution in [1.82, 2.24) is 0 Å². The molecule has 6 heteroatoms. The molecule has 0 aromatic heterocycles. The van der Waals surface area contributed by atoms with E-state index >= 15 is 0 Å². The summed E-state index contributed by atoms with van der Waals surface area (Å²) in [5.41, 5.74) is 11.2. The first-order chi connectivity index (χ1) is 6.57. The lowest BCUT2D eigenvalue weighted by atomic mass is 10.1. The fraction of sp³-hybridized carbons (Fsp3) is 0.250. The first kappa shape index (κ1) is 10.9. The van der Waals surface area contributed by atoms with E-state index in [1.807, 2.05) is 0 Å². The van der Waals surface area contributed by atoms with Gasteiger partial charge in [-0.2, -0.15) is 0 Å². The maximum absolute atomic E-state index is 10.6. The van der Waals surface area contributed by atoms with Crippen LogP contribution >= 0.6 is 11.6 Å². The molecule has 1 aromatic carbocycles. The molecule has 0 saturated heterocycles. The van der Waals surface area contributed by atoms with Crippen LogP contribution in [-0.2, 0) is 0 Å². The van der Waals surface area contributed by atoms with Gasteiger partial charge in [0, 0.05) is 12.6 Å². The Labute approximate surface area is 85.8 Å². The highest BCUT2D eigenvalue weighted by Gasteiger charge is 2.21. The van der Waals surface area contributed by atoms with Gasteiger partial charge < -0.3 is 11.5 Å². The Bertz CT molecular complexity index is 356. The van der Waals surface area contributed by atoms with Crippen molar-refractivity contribution < 1.29 is 4.92 Å². The van der Waals surface area contributed by atoms with Crippen LogP contribution in [0.15, 0.2) is 18.2 Å². The maximum Gasteiger partial charge on any atom is 0.275 e. The summed E-state index contributed by atoms with van der Waals surface area (Å²) in [4.78, 5) is 10.1. The zero-order valence-corrected chi connectivity index (χ0v) is 8.07. The van der Waals surface area contributed by atoms with Gasteiger partial charge in [-0.05, 0) is 6.07 Å². The third-order valence-electron chi connectivity index (χ3n) is 1.85. The van der Waals surface area contributed by atoms with E-state index in [1.54, 1.807) is 6.07 Å². The molecular formula is C8H10ClN3O2. The zero-order valence-electron chi connectivity index (χ0n) is 7.31. The van der Waals surface area contributed by atoms with Crippen LogP contribution in [-0.4, -0.2) is 11.5 Å². The number of nitro groups is 1. The summed E-state index contributed by atoms with van der Waals surface area (Å²) in [5, 5.41) is 10.9. The van der Waals surface area contributed by atoms with Crippen molar-refractivity contribution in [2.75, 3.05) is 6.54 Å². The fourth-order valence-corrected chi connectivity index (χ4v) is 1.48. The van der Waals surface area contributed by atoms with Gasteiger partial charge in [-0.1, -0.05) is 17.7 Å². The first-order valence-corrected chi connectivity index (χ1v) is 4.34. The molecule has 4 N–H and O–H groups in total. The van der Waals surface area contributed by atoms with Crippen molar-refractivity contribution in [3.63, 3.8) is 0 Å². The quantitative estimate of drug-likeness (QED) is 0.585. The van der Waals surface area contributed by atoms with Crippen LogP contribution < -0.4 is 11.5 Å². The zero-order chi connectivity index (χ0) is 10.7. The van der Waals surface area contributed by atoms with Gasteiger partial charge in [-0.25, -0.2) is 0 Å². The SMILES string of the molecule is NC[C@H](N)c1c(Cl)cccc1[N+](=O)[O-]. The largest absolute Gasteiger partial charge is 0.329 e. The molecule has 0 spiro atoms. The second kappa shape index (κ2) is 4.36. The Morgan fingerprint density at radius 1 is 1.57 bits per heavy atom. The summed E-state index contributed by atoms with van der Waals surface area (Å²) >= 11 is 5.81.